The van der Waals surface area contributed by atoms with Crippen LogP contribution in [-0.2, 0) is 17.9 Å². The zero-order valence-corrected chi connectivity index (χ0v) is 18.4. The molecule has 0 radical (unpaired) electrons. The summed E-state index contributed by atoms with van der Waals surface area (Å²) in [5, 5.41) is 10.8. The minimum Gasteiger partial charge on any atom is -0.351 e. The number of fused-ring (bicyclic) bond motifs is 1. The van der Waals surface area contributed by atoms with Gasteiger partial charge in [-0.2, -0.15) is 5.10 Å². The van der Waals surface area contributed by atoms with E-state index in [1.807, 2.05) is 12.1 Å². The molecule has 1 saturated carbocycles. The number of amides is 3. The Morgan fingerprint density at radius 1 is 1.23 bits per heavy atom. The Labute approximate surface area is 185 Å². The molecule has 1 aliphatic heterocycles. The van der Waals surface area contributed by atoms with Crippen molar-refractivity contribution in [1.29, 1.82) is 0 Å². The maximum Gasteiger partial charge on any atom is 0.272 e. The number of rotatable bonds is 5. The predicted molar refractivity (Wildman–Crippen MR) is 116 cm³/mol. The number of aromatic nitrogens is 2. The molecule has 0 saturated heterocycles. The minimum atomic E-state index is -1.07. The van der Waals surface area contributed by atoms with Crippen LogP contribution in [0.4, 0.5) is 0 Å². The zero-order valence-electron chi connectivity index (χ0n) is 17.7. The standard InChI is InChI=1S/C22H26ClN5O3/c1-22(21(31)25-16-5-3-4-6-16)13-28-18(20(30)27(22)2)11-17(26-28)19(29)24-12-14-7-9-15(23)10-8-14/h7-11,16H,3-6,12-13H2,1-2H3,(H,24,29)(H,25,31). The van der Waals surface area contributed by atoms with Crippen LogP contribution in [-0.4, -0.2) is 51.0 Å². The number of halogens is 1. The SMILES string of the molecule is CN1C(=O)c2cc(C(=O)NCc3ccc(Cl)cc3)nn2CC1(C)C(=O)NC1CCCC1. The fourth-order valence-electron chi connectivity index (χ4n) is 4.12. The summed E-state index contributed by atoms with van der Waals surface area (Å²) < 4.78 is 1.47. The van der Waals surface area contributed by atoms with Gasteiger partial charge < -0.3 is 15.5 Å². The first-order valence-corrected chi connectivity index (χ1v) is 10.9. The Hall–Kier alpha value is -2.87. The summed E-state index contributed by atoms with van der Waals surface area (Å²) in [6.45, 7) is 2.24. The molecule has 2 heterocycles. The largest absolute Gasteiger partial charge is 0.351 e. The van der Waals surface area contributed by atoms with E-state index in [4.69, 9.17) is 11.6 Å². The van der Waals surface area contributed by atoms with E-state index in [2.05, 4.69) is 15.7 Å². The van der Waals surface area contributed by atoms with E-state index < -0.39 is 5.54 Å². The fraction of sp³-hybridized carbons (Fsp3) is 0.455. The summed E-state index contributed by atoms with van der Waals surface area (Å²) in [6, 6.07) is 8.79. The van der Waals surface area contributed by atoms with E-state index in [0.29, 0.717) is 17.3 Å². The van der Waals surface area contributed by atoms with Gasteiger partial charge in [0.25, 0.3) is 11.8 Å². The molecule has 0 spiro atoms. The van der Waals surface area contributed by atoms with Crippen molar-refractivity contribution in [2.75, 3.05) is 7.05 Å². The second-order valence-corrected chi connectivity index (χ2v) is 8.91. The Balaban J connectivity index is 1.48. The van der Waals surface area contributed by atoms with E-state index in [0.717, 1.165) is 31.2 Å². The van der Waals surface area contributed by atoms with Crippen LogP contribution in [0.1, 0.15) is 59.1 Å². The molecule has 1 unspecified atom stereocenters. The lowest BCUT2D eigenvalue weighted by Gasteiger charge is -2.41. The third kappa shape index (κ3) is 4.17. The van der Waals surface area contributed by atoms with E-state index in [9.17, 15) is 14.4 Å². The second-order valence-electron chi connectivity index (χ2n) is 8.47. The van der Waals surface area contributed by atoms with Gasteiger partial charge in [-0.3, -0.25) is 19.1 Å². The van der Waals surface area contributed by atoms with Gasteiger partial charge in [-0.05, 0) is 37.5 Å². The highest BCUT2D eigenvalue weighted by Crippen LogP contribution is 2.27. The Bertz CT molecular complexity index is 1010. The zero-order chi connectivity index (χ0) is 22.2. The molecule has 4 rings (SSSR count). The summed E-state index contributed by atoms with van der Waals surface area (Å²) >= 11 is 5.88. The first-order chi connectivity index (χ1) is 14.8. The van der Waals surface area contributed by atoms with Gasteiger partial charge in [0.15, 0.2) is 5.69 Å². The minimum absolute atomic E-state index is 0.145. The van der Waals surface area contributed by atoms with Gasteiger partial charge in [0.2, 0.25) is 5.91 Å². The van der Waals surface area contributed by atoms with Crippen LogP contribution in [0.3, 0.4) is 0 Å². The van der Waals surface area contributed by atoms with Crippen LogP contribution in [0.25, 0.3) is 0 Å². The molecule has 8 nitrogen and oxygen atoms in total. The van der Waals surface area contributed by atoms with E-state index >= 15 is 0 Å². The van der Waals surface area contributed by atoms with Crippen molar-refractivity contribution in [1.82, 2.24) is 25.3 Å². The molecule has 2 aliphatic rings. The van der Waals surface area contributed by atoms with Gasteiger partial charge >= 0.3 is 0 Å². The van der Waals surface area contributed by atoms with Crippen LogP contribution in [0.5, 0.6) is 0 Å². The van der Waals surface area contributed by atoms with Gasteiger partial charge in [-0.25, -0.2) is 0 Å². The summed E-state index contributed by atoms with van der Waals surface area (Å²) in [5.74, 6) is -0.908. The summed E-state index contributed by atoms with van der Waals surface area (Å²) in [4.78, 5) is 40.0. The number of likely N-dealkylation sites (N-methyl/N-ethyl adjacent to an activating group) is 1. The number of carbonyl (C=O) groups is 3. The van der Waals surface area contributed by atoms with Gasteiger partial charge in [-0.15, -0.1) is 0 Å². The number of benzene rings is 1. The molecule has 0 bridgehead atoms. The van der Waals surface area contributed by atoms with E-state index in [1.54, 1.807) is 26.1 Å². The average molecular weight is 444 g/mol. The molecule has 1 aromatic heterocycles. The van der Waals surface area contributed by atoms with Crippen molar-refractivity contribution in [3.8, 4) is 0 Å². The predicted octanol–water partition coefficient (Wildman–Crippen LogP) is 2.37. The van der Waals surface area contributed by atoms with Gasteiger partial charge in [0, 0.05) is 30.7 Å². The lowest BCUT2D eigenvalue weighted by atomic mass is 9.95. The van der Waals surface area contributed by atoms with Crippen LogP contribution in [0.2, 0.25) is 5.02 Å². The van der Waals surface area contributed by atoms with Crippen LogP contribution in [0, 0.1) is 0 Å². The van der Waals surface area contributed by atoms with Gasteiger partial charge in [0.1, 0.15) is 11.2 Å². The number of nitrogens with zero attached hydrogens (tertiary/aromatic N) is 3. The van der Waals surface area contributed by atoms with E-state index in [-0.39, 0.29) is 36.0 Å². The quantitative estimate of drug-likeness (QED) is 0.741. The third-order valence-electron chi connectivity index (χ3n) is 6.28. The van der Waals surface area contributed by atoms with Crippen LogP contribution < -0.4 is 10.6 Å². The summed E-state index contributed by atoms with van der Waals surface area (Å²) in [6.07, 6.45) is 4.14. The molecule has 31 heavy (non-hydrogen) atoms. The average Bonchev–Trinajstić information content (AvgIpc) is 3.41. The summed E-state index contributed by atoms with van der Waals surface area (Å²) in [5.41, 5.74) is 0.264. The third-order valence-corrected chi connectivity index (χ3v) is 6.53. The Kier molecular flexibility index (Phi) is 5.75. The number of nitrogens with one attached hydrogen (secondary N) is 2. The van der Waals surface area contributed by atoms with Crippen molar-refractivity contribution in [2.24, 2.45) is 0 Å². The van der Waals surface area contributed by atoms with Crippen LogP contribution >= 0.6 is 11.6 Å². The van der Waals surface area contributed by atoms with Gasteiger partial charge in [0.05, 0.1) is 6.54 Å². The van der Waals surface area contributed by atoms with E-state index in [1.165, 1.54) is 15.6 Å². The topological polar surface area (TPSA) is 96.3 Å². The van der Waals surface area contributed by atoms with Crippen molar-refractivity contribution in [3.63, 3.8) is 0 Å². The molecule has 1 fully saturated rings. The fourth-order valence-corrected chi connectivity index (χ4v) is 4.25. The molecule has 1 aromatic carbocycles. The van der Waals surface area contributed by atoms with Crippen molar-refractivity contribution in [2.45, 2.75) is 57.3 Å². The monoisotopic (exact) mass is 443 g/mol. The molecule has 164 valence electrons. The van der Waals surface area contributed by atoms with Crippen molar-refractivity contribution < 1.29 is 14.4 Å². The maximum absolute atomic E-state index is 13.0. The highest BCUT2D eigenvalue weighted by molar-refractivity contribution is 6.30. The first-order valence-electron chi connectivity index (χ1n) is 10.5. The molecular weight excluding hydrogens is 418 g/mol. The van der Waals surface area contributed by atoms with Gasteiger partial charge in [-0.1, -0.05) is 36.6 Å². The van der Waals surface area contributed by atoms with Crippen molar-refractivity contribution in [3.05, 3.63) is 52.3 Å². The first kappa shape index (κ1) is 21.4. The van der Waals surface area contributed by atoms with Crippen LogP contribution in [0.15, 0.2) is 30.3 Å². The molecular formula is C22H26ClN5O3. The maximum atomic E-state index is 13.0. The highest BCUT2D eigenvalue weighted by Gasteiger charge is 2.46. The lowest BCUT2D eigenvalue weighted by molar-refractivity contribution is -0.133. The normalized spacial score (nSPS) is 21.1. The summed E-state index contributed by atoms with van der Waals surface area (Å²) in [7, 11) is 1.62. The van der Waals surface area contributed by atoms with Crippen molar-refractivity contribution >= 4 is 29.3 Å². The molecule has 9 heteroatoms. The molecule has 1 aliphatic carbocycles. The molecule has 3 amide bonds. The molecule has 1 atom stereocenters. The Morgan fingerprint density at radius 2 is 1.90 bits per heavy atom. The number of hydrogen-bond donors (Lipinski definition) is 2. The lowest BCUT2D eigenvalue weighted by Crippen LogP contribution is -2.63. The second kappa shape index (κ2) is 8.34. The molecule has 2 aromatic rings. The number of carbonyl (C=O) groups excluding carboxylic acids is 3. The smallest absolute Gasteiger partial charge is 0.272 e. The number of hydrogen-bond acceptors (Lipinski definition) is 4. The molecule has 2 N–H and O–H groups in total. The Morgan fingerprint density at radius 3 is 2.58 bits per heavy atom. The highest BCUT2D eigenvalue weighted by atomic mass is 35.5.